The van der Waals surface area contributed by atoms with Crippen LogP contribution in [0.15, 0.2) is 36.4 Å². The summed E-state index contributed by atoms with van der Waals surface area (Å²) >= 11 is 0. The molecular formula is C21H22F3N3O4. The number of alkyl halides is 3. The van der Waals surface area contributed by atoms with E-state index in [9.17, 15) is 28.1 Å². The minimum absolute atomic E-state index is 0.00652. The van der Waals surface area contributed by atoms with Gasteiger partial charge in [0.15, 0.2) is 5.75 Å². The van der Waals surface area contributed by atoms with Crippen LogP contribution in [0.1, 0.15) is 42.1 Å². The summed E-state index contributed by atoms with van der Waals surface area (Å²) in [6.45, 7) is 2.64. The van der Waals surface area contributed by atoms with Gasteiger partial charge in [-0.3, -0.25) is 14.9 Å². The van der Waals surface area contributed by atoms with Crippen LogP contribution in [0, 0.1) is 10.1 Å². The third kappa shape index (κ3) is 4.89. The number of methoxy groups -OCH3 is 1. The molecule has 31 heavy (non-hydrogen) atoms. The highest BCUT2D eigenvalue weighted by Crippen LogP contribution is 2.38. The number of halogens is 3. The Morgan fingerprint density at radius 2 is 1.97 bits per heavy atom. The number of carbonyl (C=O) groups is 1. The molecule has 1 unspecified atom stereocenters. The summed E-state index contributed by atoms with van der Waals surface area (Å²) in [6.07, 6.45) is -1.78. The molecule has 1 fully saturated rings. The first-order valence-corrected chi connectivity index (χ1v) is 9.73. The molecule has 1 saturated heterocycles. The van der Waals surface area contributed by atoms with Crippen molar-refractivity contribution >= 4 is 23.0 Å². The van der Waals surface area contributed by atoms with Crippen LogP contribution in [0.5, 0.6) is 5.75 Å². The molecule has 1 amide bonds. The standard InChI is InChI=1S/C21H22F3N3O4/c1-13-5-3-4-10-26(13)17-8-7-15(21(22,23)24)12-16(17)25-20(28)14-6-9-19(31-2)18(11-14)27(29)30/h6-9,11-13H,3-5,10H2,1-2H3,(H,25,28). The van der Waals surface area contributed by atoms with Gasteiger partial charge < -0.3 is 15.0 Å². The van der Waals surface area contributed by atoms with Crippen molar-refractivity contribution in [3.8, 4) is 5.75 Å². The molecule has 2 aromatic rings. The van der Waals surface area contributed by atoms with Gasteiger partial charge in [-0.1, -0.05) is 0 Å². The minimum Gasteiger partial charge on any atom is -0.490 e. The van der Waals surface area contributed by atoms with Gasteiger partial charge in [-0.05, 0) is 56.5 Å². The number of nitro groups is 1. The van der Waals surface area contributed by atoms with Gasteiger partial charge in [0.2, 0.25) is 0 Å². The van der Waals surface area contributed by atoms with Crippen LogP contribution in [0.4, 0.5) is 30.2 Å². The van der Waals surface area contributed by atoms with E-state index in [1.807, 2.05) is 11.8 Å². The molecule has 0 spiro atoms. The molecular weight excluding hydrogens is 415 g/mol. The van der Waals surface area contributed by atoms with Gasteiger partial charge in [-0.15, -0.1) is 0 Å². The zero-order valence-corrected chi connectivity index (χ0v) is 17.0. The number of carbonyl (C=O) groups excluding carboxylic acids is 1. The SMILES string of the molecule is COc1ccc(C(=O)Nc2cc(C(F)(F)F)ccc2N2CCCCC2C)cc1[N+](=O)[O-]. The number of nitrogens with one attached hydrogen (secondary N) is 1. The van der Waals surface area contributed by atoms with Crippen molar-refractivity contribution in [1.82, 2.24) is 0 Å². The van der Waals surface area contributed by atoms with E-state index in [2.05, 4.69) is 5.32 Å². The largest absolute Gasteiger partial charge is 0.490 e. The van der Waals surface area contributed by atoms with Crippen molar-refractivity contribution in [2.75, 3.05) is 23.9 Å². The number of amides is 1. The molecule has 1 aliphatic heterocycles. The first kappa shape index (κ1) is 22.4. The number of ether oxygens (including phenoxy) is 1. The average Bonchev–Trinajstić information content (AvgIpc) is 2.73. The molecule has 1 heterocycles. The van der Waals surface area contributed by atoms with Gasteiger partial charge >= 0.3 is 11.9 Å². The molecule has 1 atom stereocenters. The highest BCUT2D eigenvalue weighted by Gasteiger charge is 2.32. The smallest absolute Gasteiger partial charge is 0.416 e. The van der Waals surface area contributed by atoms with Gasteiger partial charge in [0.25, 0.3) is 5.91 Å². The molecule has 0 bridgehead atoms. The highest BCUT2D eigenvalue weighted by molar-refractivity contribution is 6.06. The number of nitrogens with zero attached hydrogens (tertiary/aromatic N) is 2. The molecule has 2 aromatic carbocycles. The van der Waals surface area contributed by atoms with Gasteiger partial charge in [0, 0.05) is 24.2 Å². The lowest BCUT2D eigenvalue weighted by atomic mass is 10.0. The van der Waals surface area contributed by atoms with Crippen LogP contribution in [0.2, 0.25) is 0 Å². The Kier molecular flexibility index (Phi) is 6.37. The number of hydrogen-bond donors (Lipinski definition) is 1. The maximum Gasteiger partial charge on any atom is 0.416 e. The number of hydrogen-bond acceptors (Lipinski definition) is 5. The first-order valence-electron chi connectivity index (χ1n) is 9.73. The second kappa shape index (κ2) is 8.83. The van der Waals surface area contributed by atoms with Crippen LogP contribution in [0.25, 0.3) is 0 Å². The molecule has 0 aromatic heterocycles. The monoisotopic (exact) mass is 437 g/mol. The Hall–Kier alpha value is -3.30. The van der Waals surface area contributed by atoms with Crippen molar-refractivity contribution in [3.05, 3.63) is 57.6 Å². The number of piperidine rings is 1. The van der Waals surface area contributed by atoms with E-state index in [-0.39, 0.29) is 23.0 Å². The maximum absolute atomic E-state index is 13.3. The molecule has 0 radical (unpaired) electrons. The summed E-state index contributed by atoms with van der Waals surface area (Å²) in [5.41, 5.74) is -0.882. The van der Waals surface area contributed by atoms with Crippen molar-refractivity contribution < 1.29 is 27.6 Å². The van der Waals surface area contributed by atoms with Crippen LogP contribution in [-0.4, -0.2) is 30.5 Å². The first-order chi connectivity index (χ1) is 14.6. The van der Waals surface area contributed by atoms with Crippen LogP contribution in [0.3, 0.4) is 0 Å². The van der Waals surface area contributed by atoms with Gasteiger partial charge in [-0.2, -0.15) is 13.2 Å². The molecule has 1 N–H and O–H groups in total. The molecule has 3 rings (SSSR count). The summed E-state index contributed by atoms with van der Waals surface area (Å²) in [4.78, 5) is 25.3. The van der Waals surface area contributed by atoms with Crippen LogP contribution in [-0.2, 0) is 6.18 Å². The Balaban J connectivity index is 1.99. The number of nitro benzene ring substituents is 1. The quantitative estimate of drug-likeness (QED) is 0.510. The zero-order valence-electron chi connectivity index (χ0n) is 17.0. The Morgan fingerprint density at radius 3 is 2.58 bits per heavy atom. The number of rotatable bonds is 5. The third-order valence-corrected chi connectivity index (χ3v) is 5.32. The van der Waals surface area contributed by atoms with Gasteiger partial charge in [0.05, 0.1) is 29.0 Å². The van der Waals surface area contributed by atoms with E-state index in [4.69, 9.17) is 4.74 Å². The average molecular weight is 437 g/mol. The summed E-state index contributed by atoms with van der Waals surface area (Å²) in [5.74, 6) is -0.778. The lowest BCUT2D eigenvalue weighted by molar-refractivity contribution is -0.385. The predicted octanol–water partition coefficient (Wildman–Crippen LogP) is 5.25. The van der Waals surface area contributed by atoms with Crippen LogP contribution < -0.4 is 15.0 Å². The van der Waals surface area contributed by atoms with Gasteiger partial charge in [-0.25, -0.2) is 0 Å². The number of anilines is 2. The second-order valence-electron chi connectivity index (χ2n) is 7.37. The summed E-state index contributed by atoms with van der Waals surface area (Å²) < 4.78 is 44.8. The lowest BCUT2D eigenvalue weighted by Crippen LogP contribution is -2.38. The molecule has 10 heteroatoms. The highest BCUT2D eigenvalue weighted by atomic mass is 19.4. The van der Waals surface area contributed by atoms with Gasteiger partial charge in [0.1, 0.15) is 0 Å². The normalized spacial score (nSPS) is 16.7. The fraction of sp³-hybridized carbons (Fsp3) is 0.381. The van der Waals surface area contributed by atoms with E-state index < -0.39 is 28.3 Å². The van der Waals surface area contributed by atoms with E-state index in [0.29, 0.717) is 12.2 Å². The fourth-order valence-corrected chi connectivity index (χ4v) is 3.69. The Morgan fingerprint density at radius 1 is 1.23 bits per heavy atom. The predicted molar refractivity (Wildman–Crippen MR) is 110 cm³/mol. The second-order valence-corrected chi connectivity index (χ2v) is 7.37. The van der Waals surface area contributed by atoms with E-state index in [1.165, 1.54) is 25.3 Å². The van der Waals surface area contributed by atoms with E-state index >= 15 is 0 Å². The number of benzene rings is 2. The van der Waals surface area contributed by atoms with Crippen LogP contribution >= 0.6 is 0 Å². The minimum atomic E-state index is -4.58. The summed E-state index contributed by atoms with van der Waals surface area (Å²) in [6, 6.07) is 6.96. The van der Waals surface area contributed by atoms with Crippen molar-refractivity contribution in [2.24, 2.45) is 0 Å². The molecule has 166 valence electrons. The third-order valence-electron chi connectivity index (χ3n) is 5.32. The fourth-order valence-electron chi connectivity index (χ4n) is 3.69. The molecule has 7 nitrogen and oxygen atoms in total. The van der Waals surface area contributed by atoms with E-state index in [0.717, 1.165) is 37.5 Å². The Labute approximate surface area is 177 Å². The van der Waals surface area contributed by atoms with E-state index in [1.54, 1.807) is 0 Å². The van der Waals surface area contributed by atoms with Crippen molar-refractivity contribution in [2.45, 2.75) is 38.4 Å². The molecule has 0 aliphatic carbocycles. The summed E-state index contributed by atoms with van der Waals surface area (Å²) in [7, 11) is 1.26. The zero-order chi connectivity index (χ0) is 22.8. The van der Waals surface area contributed by atoms with Crippen molar-refractivity contribution in [3.63, 3.8) is 0 Å². The topological polar surface area (TPSA) is 84.7 Å². The maximum atomic E-state index is 13.3. The Bertz CT molecular complexity index is 994. The molecule has 0 saturated carbocycles. The summed E-state index contributed by atoms with van der Waals surface area (Å²) in [5, 5.41) is 13.7. The van der Waals surface area contributed by atoms with Crippen molar-refractivity contribution in [1.29, 1.82) is 0 Å². The molecule has 1 aliphatic rings. The lowest BCUT2D eigenvalue weighted by Gasteiger charge is -2.36.